The van der Waals surface area contributed by atoms with Crippen LogP contribution in [0.3, 0.4) is 0 Å². The summed E-state index contributed by atoms with van der Waals surface area (Å²) >= 11 is 0. The normalized spacial score (nSPS) is 14.8. The van der Waals surface area contributed by atoms with E-state index < -0.39 is 0 Å². The van der Waals surface area contributed by atoms with Gasteiger partial charge in [-0.25, -0.2) is 0 Å². The molecule has 0 atom stereocenters. The van der Waals surface area contributed by atoms with Crippen LogP contribution in [0.5, 0.6) is 5.75 Å². The molecule has 120 valence electrons. The van der Waals surface area contributed by atoms with E-state index in [2.05, 4.69) is 4.90 Å². The molecule has 0 aromatic heterocycles. The molecule has 5 heteroatoms. The molecule has 2 aromatic rings. The highest BCUT2D eigenvalue weighted by molar-refractivity contribution is 5.79. The summed E-state index contributed by atoms with van der Waals surface area (Å²) in [6.45, 7) is 3.02. The second-order valence-corrected chi connectivity index (χ2v) is 5.81. The maximum atomic E-state index is 12.4. The lowest BCUT2D eigenvalue weighted by molar-refractivity contribution is -0.130. The molecular formula is C18H21N3O2. The Bertz CT molecular complexity index is 677. The van der Waals surface area contributed by atoms with Crippen molar-refractivity contribution in [2.75, 3.05) is 36.8 Å². The molecule has 0 aliphatic carbocycles. The van der Waals surface area contributed by atoms with Crippen molar-refractivity contribution in [2.24, 2.45) is 0 Å². The molecule has 1 aliphatic heterocycles. The SMILES string of the molecule is Nc1cccc(CC(=O)N2CCN(c3ccc(O)cc3)CC2)c1. The van der Waals surface area contributed by atoms with Crippen LogP contribution < -0.4 is 10.6 Å². The number of rotatable bonds is 3. The molecule has 23 heavy (non-hydrogen) atoms. The highest BCUT2D eigenvalue weighted by Gasteiger charge is 2.21. The van der Waals surface area contributed by atoms with Gasteiger partial charge in [-0.1, -0.05) is 12.1 Å². The lowest BCUT2D eigenvalue weighted by Gasteiger charge is -2.36. The number of aromatic hydroxyl groups is 1. The van der Waals surface area contributed by atoms with E-state index in [4.69, 9.17) is 5.73 Å². The molecule has 2 aromatic carbocycles. The Morgan fingerprint density at radius 3 is 2.39 bits per heavy atom. The topological polar surface area (TPSA) is 69.8 Å². The van der Waals surface area contributed by atoms with Gasteiger partial charge in [0.05, 0.1) is 6.42 Å². The van der Waals surface area contributed by atoms with Crippen molar-refractivity contribution in [1.29, 1.82) is 0 Å². The van der Waals surface area contributed by atoms with E-state index >= 15 is 0 Å². The van der Waals surface area contributed by atoms with Crippen molar-refractivity contribution >= 4 is 17.3 Å². The first-order chi connectivity index (χ1) is 11.1. The first-order valence-corrected chi connectivity index (χ1v) is 7.78. The fourth-order valence-electron chi connectivity index (χ4n) is 2.87. The van der Waals surface area contributed by atoms with Gasteiger partial charge in [-0.2, -0.15) is 0 Å². The molecule has 0 radical (unpaired) electrons. The summed E-state index contributed by atoms with van der Waals surface area (Å²) in [4.78, 5) is 16.5. The van der Waals surface area contributed by atoms with E-state index in [-0.39, 0.29) is 11.7 Å². The molecule has 0 bridgehead atoms. The number of benzene rings is 2. The zero-order valence-electron chi connectivity index (χ0n) is 13.0. The third-order valence-corrected chi connectivity index (χ3v) is 4.15. The highest BCUT2D eigenvalue weighted by atomic mass is 16.3. The summed E-state index contributed by atoms with van der Waals surface area (Å²) in [5.41, 5.74) is 8.47. The van der Waals surface area contributed by atoms with E-state index in [9.17, 15) is 9.90 Å². The van der Waals surface area contributed by atoms with Gasteiger partial charge in [-0.3, -0.25) is 4.79 Å². The van der Waals surface area contributed by atoms with E-state index in [1.807, 2.05) is 41.3 Å². The predicted octanol–water partition coefficient (Wildman–Crippen LogP) is 1.87. The smallest absolute Gasteiger partial charge is 0.227 e. The van der Waals surface area contributed by atoms with Gasteiger partial charge in [0.15, 0.2) is 0 Å². The number of nitrogens with zero attached hydrogens (tertiary/aromatic N) is 2. The van der Waals surface area contributed by atoms with Crippen LogP contribution in [0.15, 0.2) is 48.5 Å². The molecule has 0 unspecified atom stereocenters. The molecule has 3 rings (SSSR count). The van der Waals surface area contributed by atoms with Crippen molar-refractivity contribution < 1.29 is 9.90 Å². The van der Waals surface area contributed by atoms with Gasteiger partial charge in [0.25, 0.3) is 0 Å². The maximum Gasteiger partial charge on any atom is 0.227 e. The number of nitrogen functional groups attached to an aromatic ring is 1. The second-order valence-electron chi connectivity index (χ2n) is 5.81. The monoisotopic (exact) mass is 311 g/mol. The van der Waals surface area contributed by atoms with Crippen molar-refractivity contribution in [1.82, 2.24) is 4.90 Å². The Labute approximate surface area is 135 Å². The standard InChI is InChI=1S/C18H21N3O2/c19-15-3-1-2-14(12-15)13-18(23)21-10-8-20(9-11-21)16-4-6-17(22)7-5-16/h1-7,12,22H,8-11,13,19H2. The molecule has 1 aliphatic rings. The number of nitrogens with two attached hydrogens (primary N) is 1. The van der Waals surface area contributed by atoms with Crippen LogP contribution in [-0.2, 0) is 11.2 Å². The van der Waals surface area contributed by atoms with Crippen LogP contribution in [0.4, 0.5) is 11.4 Å². The van der Waals surface area contributed by atoms with Gasteiger partial charge < -0.3 is 20.6 Å². The van der Waals surface area contributed by atoms with Gasteiger partial charge in [0.2, 0.25) is 5.91 Å². The first kappa shape index (κ1) is 15.2. The molecule has 1 amide bonds. The van der Waals surface area contributed by atoms with Crippen LogP contribution in [0.25, 0.3) is 0 Å². The lowest BCUT2D eigenvalue weighted by atomic mass is 10.1. The summed E-state index contributed by atoms with van der Waals surface area (Å²) in [5, 5.41) is 9.35. The predicted molar refractivity (Wildman–Crippen MR) is 91.5 cm³/mol. The third kappa shape index (κ3) is 3.74. The van der Waals surface area contributed by atoms with E-state index in [0.717, 1.165) is 24.3 Å². The summed E-state index contributed by atoms with van der Waals surface area (Å²) in [6, 6.07) is 14.7. The van der Waals surface area contributed by atoms with E-state index in [1.54, 1.807) is 12.1 Å². The number of phenolic OH excluding ortho intramolecular Hbond substituents is 1. The quantitative estimate of drug-likeness (QED) is 0.849. The number of carbonyl (C=O) groups is 1. The maximum absolute atomic E-state index is 12.4. The molecule has 0 spiro atoms. The molecule has 1 heterocycles. The van der Waals surface area contributed by atoms with Crippen LogP contribution in [0.2, 0.25) is 0 Å². The number of carbonyl (C=O) groups excluding carboxylic acids is 1. The number of piperazine rings is 1. The van der Waals surface area contributed by atoms with Crippen molar-refractivity contribution in [2.45, 2.75) is 6.42 Å². The van der Waals surface area contributed by atoms with Gasteiger partial charge in [-0.05, 0) is 42.0 Å². The molecule has 1 fully saturated rings. The van der Waals surface area contributed by atoms with E-state index in [1.165, 1.54) is 0 Å². The largest absolute Gasteiger partial charge is 0.508 e. The zero-order chi connectivity index (χ0) is 16.2. The average Bonchev–Trinajstić information content (AvgIpc) is 2.56. The highest BCUT2D eigenvalue weighted by Crippen LogP contribution is 2.20. The fraction of sp³-hybridized carbons (Fsp3) is 0.278. The summed E-state index contributed by atoms with van der Waals surface area (Å²) in [5.74, 6) is 0.408. The minimum absolute atomic E-state index is 0.140. The molecule has 3 N–H and O–H groups in total. The zero-order valence-corrected chi connectivity index (χ0v) is 13.0. The Hall–Kier alpha value is -2.69. The number of anilines is 2. The van der Waals surface area contributed by atoms with Gasteiger partial charge in [0.1, 0.15) is 5.75 Å². The lowest BCUT2D eigenvalue weighted by Crippen LogP contribution is -2.49. The van der Waals surface area contributed by atoms with Crippen molar-refractivity contribution in [3.8, 4) is 5.75 Å². The summed E-state index contributed by atoms with van der Waals surface area (Å²) < 4.78 is 0. The minimum Gasteiger partial charge on any atom is -0.508 e. The van der Waals surface area contributed by atoms with Gasteiger partial charge >= 0.3 is 0 Å². The van der Waals surface area contributed by atoms with Gasteiger partial charge in [-0.15, -0.1) is 0 Å². The Morgan fingerprint density at radius 2 is 1.74 bits per heavy atom. The van der Waals surface area contributed by atoms with Gasteiger partial charge in [0, 0.05) is 37.6 Å². The minimum atomic E-state index is 0.140. The Kier molecular flexibility index (Phi) is 4.37. The molecule has 1 saturated heterocycles. The van der Waals surface area contributed by atoms with Crippen molar-refractivity contribution in [3.63, 3.8) is 0 Å². The van der Waals surface area contributed by atoms with Crippen LogP contribution in [-0.4, -0.2) is 42.1 Å². The van der Waals surface area contributed by atoms with Crippen LogP contribution >= 0.6 is 0 Å². The number of hydrogen-bond acceptors (Lipinski definition) is 4. The van der Waals surface area contributed by atoms with Crippen molar-refractivity contribution in [3.05, 3.63) is 54.1 Å². The Morgan fingerprint density at radius 1 is 1.04 bits per heavy atom. The van der Waals surface area contributed by atoms with Crippen LogP contribution in [0, 0.1) is 0 Å². The Balaban J connectivity index is 1.56. The van der Waals surface area contributed by atoms with E-state index in [0.29, 0.717) is 25.2 Å². The number of phenols is 1. The average molecular weight is 311 g/mol. The fourth-order valence-corrected chi connectivity index (χ4v) is 2.87. The second kappa shape index (κ2) is 6.60. The summed E-state index contributed by atoms with van der Waals surface area (Å²) in [7, 11) is 0. The molecular weight excluding hydrogens is 290 g/mol. The molecule has 5 nitrogen and oxygen atoms in total. The summed E-state index contributed by atoms with van der Waals surface area (Å²) in [6.07, 6.45) is 0.393. The number of amides is 1. The molecule has 0 saturated carbocycles. The van der Waals surface area contributed by atoms with Crippen LogP contribution in [0.1, 0.15) is 5.56 Å². The first-order valence-electron chi connectivity index (χ1n) is 7.78. The number of hydrogen-bond donors (Lipinski definition) is 2. The third-order valence-electron chi connectivity index (χ3n) is 4.15.